The molecule has 7 heteroatoms. The van der Waals surface area contributed by atoms with Crippen LogP contribution >= 0.6 is 23.2 Å². The quantitative estimate of drug-likeness (QED) is 0.816. The summed E-state index contributed by atoms with van der Waals surface area (Å²) in [5.74, 6) is 0.912. The number of Topliss-reactive ketones (excluding diaryl/α,β-unsaturated/α-hetero) is 1. The lowest BCUT2D eigenvalue weighted by Crippen LogP contribution is -2.37. The van der Waals surface area contributed by atoms with Crippen LogP contribution in [0.4, 0.5) is 0 Å². The van der Waals surface area contributed by atoms with E-state index in [0.29, 0.717) is 28.7 Å². The van der Waals surface area contributed by atoms with Gasteiger partial charge in [-0.05, 0) is 18.2 Å². The van der Waals surface area contributed by atoms with E-state index < -0.39 is 0 Å². The maximum atomic E-state index is 12.2. The summed E-state index contributed by atoms with van der Waals surface area (Å²) in [7, 11) is 0. The van der Waals surface area contributed by atoms with Gasteiger partial charge >= 0.3 is 0 Å². The summed E-state index contributed by atoms with van der Waals surface area (Å²) in [4.78, 5) is 14.3. The second-order valence-corrected chi connectivity index (χ2v) is 5.52. The number of hydrogen-bond donors (Lipinski definition) is 0. The van der Waals surface area contributed by atoms with Crippen molar-refractivity contribution in [2.75, 3.05) is 13.1 Å². The highest BCUT2D eigenvalue weighted by atomic mass is 35.5. The molecule has 0 fully saturated rings. The Labute approximate surface area is 126 Å². The molecule has 20 heavy (non-hydrogen) atoms. The van der Waals surface area contributed by atoms with Crippen LogP contribution in [-0.4, -0.2) is 38.5 Å². The number of nitrogens with zero attached hydrogens (tertiary/aromatic N) is 4. The number of aromatic nitrogens is 3. The van der Waals surface area contributed by atoms with Gasteiger partial charge in [-0.15, -0.1) is 10.2 Å². The van der Waals surface area contributed by atoms with Gasteiger partial charge in [0.15, 0.2) is 5.78 Å². The standard InChI is InChI=1S/C13H12Cl2N4O/c14-10-2-1-9(5-11(10)15)12(20)6-18-3-4-19-8-16-17-13(19)7-18/h1-2,5,8H,3-4,6-7H2. The Morgan fingerprint density at radius 1 is 1.25 bits per heavy atom. The minimum Gasteiger partial charge on any atom is -0.315 e. The summed E-state index contributed by atoms with van der Waals surface area (Å²) in [6.45, 7) is 2.58. The molecule has 0 N–H and O–H groups in total. The van der Waals surface area contributed by atoms with Gasteiger partial charge in [0.05, 0.1) is 23.1 Å². The fourth-order valence-electron chi connectivity index (χ4n) is 2.22. The summed E-state index contributed by atoms with van der Waals surface area (Å²) >= 11 is 11.8. The molecule has 0 atom stereocenters. The van der Waals surface area contributed by atoms with E-state index in [9.17, 15) is 4.79 Å². The summed E-state index contributed by atoms with van der Waals surface area (Å²) in [6.07, 6.45) is 1.72. The number of carbonyl (C=O) groups is 1. The Balaban J connectivity index is 1.69. The molecule has 0 bridgehead atoms. The van der Waals surface area contributed by atoms with Crippen molar-refractivity contribution < 1.29 is 4.79 Å². The Morgan fingerprint density at radius 3 is 2.90 bits per heavy atom. The van der Waals surface area contributed by atoms with Gasteiger partial charge in [0, 0.05) is 18.7 Å². The second-order valence-electron chi connectivity index (χ2n) is 4.70. The van der Waals surface area contributed by atoms with Crippen molar-refractivity contribution in [3.8, 4) is 0 Å². The number of ketones is 1. The molecule has 0 saturated heterocycles. The van der Waals surface area contributed by atoms with Crippen molar-refractivity contribution in [3.05, 3.63) is 46.0 Å². The van der Waals surface area contributed by atoms with Gasteiger partial charge in [-0.1, -0.05) is 23.2 Å². The van der Waals surface area contributed by atoms with Gasteiger partial charge in [-0.25, -0.2) is 0 Å². The van der Waals surface area contributed by atoms with E-state index in [1.54, 1.807) is 24.5 Å². The molecule has 1 aliphatic rings. The summed E-state index contributed by atoms with van der Waals surface area (Å²) in [6, 6.07) is 4.95. The normalized spacial score (nSPS) is 15.1. The molecular formula is C13H12Cl2N4O. The Bertz CT molecular complexity index is 656. The van der Waals surface area contributed by atoms with Crippen molar-refractivity contribution in [1.29, 1.82) is 0 Å². The molecule has 0 radical (unpaired) electrons. The molecule has 1 aliphatic heterocycles. The minimum atomic E-state index is 0.0246. The molecule has 0 amide bonds. The van der Waals surface area contributed by atoms with E-state index in [4.69, 9.17) is 23.2 Å². The number of halogens is 2. The highest BCUT2D eigenvalue weighted by Crippen LogP contribution is 2.23. The average Bonchev–Trinajstić information content (AvgIpc) is 2.89. The zero-order valence-corrected chi connectivity index (χ0v) is 12.1. The molecule has 5 nitrogen and oxygen atoms in total. The monoisotopic (exact) mass is 310 g/mol. The van der Waals surface area contributed by atoms with Crippen LogP contribution in [-0.2, 0) is 13.1 Å². The van der Waals surface area contributed by atoms with Crippen molar-refractivity contribution in [2.24, 2.45) is 0 Å². The van der Waals surface area contributed by atoms with Crippen LogP contribution in [0.2, 0.25) is 10.0 Å². The first-order valence-corrected chi connectivity index (χ1v) is 6.96. The molecule has 104 valence electrons. The molecule has 2 aromatic rings. The molecule has 1 aromatic heterocycles. The fraction of sp³-hybridized carbons (Fsp3) is 0.308. The topological polar surface area (TPSA) is 51.0 Å². The maximum absolute atomic E-state index is 12.2. The van der Waals surface area contributed by atoms with E-state index in [1.165, 1.54) is 0 Å². The first-order chi connectivity index (χ1) is 9.63. The predicted molar refractivity (Wildman–Crippen MR) is 76.1 cm³/mol. The smallest absolute Gasteiger partial charge is 0.176 e. The van der Waals surface area contributed by atoms with Crippen LogP contribution < -0.4 is 0 Å². The van der Waals surface area contributed by atoms with E-state index in [1.807, 2.05) is 4.57 Å². The molecule has 3 rings (SSSR count). The highest BCUT2D eigenvalue weighted by Gasteiger charge is 2.20. The third-order valence-corrected chi connectivity index (χ3v) is 4.07. The van der Waals surface area contributed by atoms with E-state index >= 15 is 0 Å². The van der Waals surface area contributed by atoms with E-state index in [0.717, 1.165) is 18.9 Å². The molecular weight excluding hydrogens is 299 g/mol. The number of rotatable bonds is 3. The zero-order valence-electron chi connectivity index (χ0n) is 10.6. The van der Waals surface area contributed by atoms with Crippen LogP contribution in [0.1, 0.15) is 16.2 Å². The van der Waals surface area contributed by atoms with Gasteiger partial charge in [0.25, 0.3) is 0 Å². The molecule has 0 saturated carbocycles. The third-order valence-electron chi connectivity index (χ3n) is 3.33. The van der Waals surface area contributed by atoms with Crippen molar-refractivity contribution in [2.45, 2.75) is 13.1 Å². The summed E-state index contributed by atoms with van der Waals surface area (Å²) in [5.41, 5.74) is 0.575. The third kappa shape index (κ3) is 2.70. The number of carbonyl (C=O) groups excluding carboxylic acids is 1. The van der Waals surface area contributed by atoms with Crippen molar-refractivity contribution in [3.63, 3.8) is 0 Å². The lowest BCUT2D eigenvalue weighted by atomic mass is 10.1. The number of hydrogen-bond acceptors (Lipinski definition) is 4. The fourth-order valence-corrected chi connectivity index (χ4v) is 2.51. The predicted octanol–water partition coefficient (Wildman–Crippen LogP) is 2.28. The molecule has 2 heterocycles. The van der Waals surface area contributed by atoms with Crippen LogP contribution in [0, 0.1) is 0 Å². The van der Waals surface area contributed by atoms with Crippen molar-refractivity contribution >= 4 is 29.0 Å². The van der Waals surface area contributed by atoms with Crippen molar-refractivity contribution in [1.82, 2.24) is 19.7 Å². The van der Waals surface area contributed by atoms with E-state index in [2.05, 4.69) is 15.1 Å². The van der Waals surface area contributed by atoms with E-state index in [-0.39, 0.29) is 5.78 Å². The number of fused-ring (bicyclic) bond motifs is 1. The number of benzene rings is 1. The summed E-state index contributed by atoms with van der Waals surface area (Å²) in [5, 5.41) is 8.75. The second kappa shape index (κ2) is 5.52. The Hall–Kier alpha value is -1.43. The Kier molecular flexibility index (Phi) is 3.74. The average molecular weight is 311 g/mol. The van der Waals surface area contributed by atoms with Crippen LogP contribution in [0.25, 0.3) is 0 Å². The highest BCUT2D eigenvalue weighted by molar-refractivity contribution is 6.42. The lowest BCUT2D eigenvalue weighted by Gasteiger charge is -2.26. The Morgan fingerprint density at radius 2 is 2.10 bits per heavy atom. The molecule has 1 aromatic carbocycles. The first kappa shape index (κ1) is 13.5. The SMILES string of the molecule is O=C(CN1CCn2cnnc2C1)c1ccc(Cl)c(Cl)c1. The maximum Gasteiger partial charge on any atom is 0.176 e. The van der Waals surface area contributed by atoms with Crippen LogP contribution in [0.5, 0.6) is 0 Å². The lowest BCUT2D eigenvalue weighted by molar-refractivity contribution is 0.0908. The van der Waals surface area contributed by atoms with Crippen LogP contribution in [0.15, 0.2) is 24.5 Å². The summed E-state index contributed by atoms with van der Waals surface area (Å²) < 4.78 is 2.00. The van der Waals surface area contributed by atoms with Gasteiger partial charge in [0.2, 0.25) is 0 Å². The van der Waals surface area contributed by atoms with Gasteiger partial charge < -0.3 is 4.57 Å². The first-order valence-electron chi connectivity index (χ1n) is 6.21. The van der Waals surface area contributed by atoms with Crippen LogP contribution in [0.3, 0.4) is 0 Å². The van der Waals surface area contributed by atoms with Gasteiger partial charge in [-0.2, -0.15) is 0 Å². The van der Waals surface area contributed by atoms with Gasteiger partial charge in [-0.3, -0.25) is 9.69 Å². The van der Waals surface area contributed by atoms with Gasteiger partial charge in [0.1, 0.15) is 12.2 Å². The zero-order chi connectivity index (χ0) is 14.1. The molecule has 0 unspecified atom stereocenters. The molecule has 0 spiro atoms. The largest absolute Gasteiger partial charge is 0.315 e. The minimum absolute atomic E-state index is 0.0246. The molecule has 0 aliphatic carbocycles.